The maximum Gasteiger partial charge on any atom is 0.227 e. The molecule has 2 saturated heterocycles. The lowest BCUT2D eigenvalue weighted by molar-refractivity contribution is -0.139. The van der Waals surface area contributed by atoms with E-state index in [4.69, 9.17) is 5.73 Å². The number of rotatable bonds is 2. The third kappa shape index (κ3) is 3.61. The second-order valence-corrected chi connectivity index (χ2v) is 7.78. The van der Waals surface area contributed by atoms with Crippen LogP contribution < -0.4 is 5.73 Å². The largest absolute Gasteiger partial charge is 0.338 e. The van der Waals surface area contributed by atoms with Crippen molar-refractivity contribution in [3.63, 3.8) is 0 Å². The van der Waals surface area contributed by atoms with E-state index < -0.39 is 9.84 Å². The third-order valence-corrected chi connectivity index (χ3v) is 5.99. The Morgan fingerprint density at radius 2 is 2.05 bits per heavy atom. The van der Waals surface area contributed by atoms with E-state index in [0.717, 1.165) is 19.4 Å². The normalized spacial score (nSPS) is 33.8. The summed E-state index contributed by atoms with van der Waals surface area (Å²) in [5.74, 6) is 0.242. The molecule has 2 N–H and O–H groups in total. The van der Waals surface area contributed by atoms with Crippen molar-refractivity contribution in [2.75, 3.05) is 24.6 Å². The van der Waals surface area contributed by atoms with Gasteiger partial charge in [0.15, 0.2) is 9.84 Å². The molecule has 0 saturated carbocycles. The SMILES string of the molecule is CC1CCCN(C(=O)C2CCS(=O)(=O)C2)C1CN.Cl. The first-order valence-corrected chi connectivity index (χ1v) is 8.47. The molecule has 0 aromatic carbocycles. The summed E-state index contributed by atoms with van der Waals surface area (Å²) in [6.45, 7) is 3.30. The van der Waals surface area contributed by atoms with Crippen molar-refractivity contribution >= 4 is 28.2 Å². The molecule has 2 aliphatic rings. The summed E-state index contributed by atoms with van der Waals surface area (Å²) < 4.78 is 22.9. The maximum absolute atomic E-state index is 12.4. The molecule has 2 aliphatic heterocycles. The molecule has 112 valence electrons. The number of likely N-dealkylation sites (tertiary alicyclic amines) is 1. The van der Waals surface area contributed by atoms with Crippen molar-refractivity contribution in [1.82, 2.24) is 4.90 Å². The Bertz CT molecular complexity index is 427. The van der Waals surface area contributed by atoms with Gasteiger partial charge in [0.2, 0.25) is 5.91 Å². The van der Waals surface area contributed by atoms with Crippen LogP contribution in [0.5, 0.6) is 0 Å². The van der Waals surface area contributed by atoms with E-state index in [1.807, 2.05) is 4.90 Å². The number of hydrogen-bond donors (Lipinski definition) is 1. The second kappa shape index (κ2) is 6.41. The topological polar surface area (TPSA) is 80.5 Å². The van der Waals surface area contributed by atoms with E-state index in [9.17, 15) is 13.2 Å². The van der Waals surface area contributed by atoms with Gasteiger partial charge in [-0.2, -0.15) is 0 Å². The van der Waals surface area contributed by atoms with Gasteiger partial charge in [-0.15, -0.1) is 12.4 Å². The zero-order valence-electron chi connectivity index (χ0n) is 11.2. The molecular formula is C12H23ClN2O3S. The molecule has 0 aromatic heterocycles. The Hall–Kier alpha value is -0.330. The number of nitrogens with two attached hydrogens (primary N) is 1. The average Bonchev–Trinajstić information content (AvgIpc) is 2.68. The molecule has 2 fully saturated rings. The number of sulfone groups is 1. The summed E-state index contributed by atoms with van der Waals surface area (Å²) in [7, 11) is -3.00. The predicted molar refractivity (Wildman–Crippen MR) is 77.0 cm³/mol. The van der Waals surface area contributed by atoms with E-state index in [1.54, 1.807) is 0 Å². The van der Waals surface area contributed by atoms with E-state index in [2.05, 4.69) is 6.92 Å². The number of carbonyl (C=O) groups is 1. The monoisotopic (exact) mass is 310 g/mol. The molecule has 0 aromatic rings. The fraction of sp³-hybridized carbons (Fsp3) is 0.917. The lowest BCUT2D eigenvalue weighted by atomic mass is 9.89. The molecule has 2 heterocycles. The van der Waals surface area contributed by atoms with Crippen LogP contribution in [0, 0.1) is 11.8 Å². The number of nitrogens with zero attached hydrogens (tertiary/aromatic N) is 1. The van der Waals surface area contributed by atoms with Crippen LogP contribution >= 0.6 is 12.4 Å². The van der Waals surface area contributed by atoms with Crippen LogP contribution in [0.4, 0.5) is 0 Å². The molecule has 0 radical (unpaired) electrons. The van der Waals surface area contributed by atoms with Crippen molar-refractivity contribution in [1.29, 1.82) is 0 Å². The van der Waals surface area contributed by atoms with Gasteiger partial charge in [0, 0.05) is 19.1 Å². The lowest BCUT2D eigenvalue weighted by Gasteiger charge is -2.40. The number of piperidine rings is 1. The molecule has 5 nitrogen and oxygen atoms in total. The van der Waals surface area contributed by atoms with Gasteiger partial charge >= 0.3 is 0 Å². The van der Waals surface area contributed by atoms with Gasteiger partial charge in [0.25, 0.3) is 0 Å². The molecule has 2 rings (SSSR count). The van der Waals surface area contributed by atoms with Crippen molar-refractivity contribution < 1.29 is 13.2 Å². The van der Waals surface area contributed by atoms with Gasteiger partial charge in [-0.3, -0.25) is 4.79 Å². The Kier molecular flexibility index (Phi) is 5.65. The van der Waals surface area contributed by atoms with E-state index in [-0.39, 0.29) is 41.8 Å². The number of hydrogen-bond acceptors (Lipinski definition) is 4. The van der Waals surface area contributed by atoms with Crippen LogP contribution in [0.15, 0.2) is 0 Å². The van der Waals surface area contributed by atoms with Crippen LogP contribution in [0.25, 0.3) is 0 Å². The summed E-state index contributed by atoms with van der Waals surface area (Å²) in [6, 6.07) is 0.0783. The highest BCUT2D eigenvalue weighted by Gasteiger charge is 2.39. The Labute approximate surface area is 121 Å². The average molecular weight is 311 g/mol. The molecular weight excluding hydrogens is 288 g/mol. The van der Waals surface area contributed by atoms with Crippen LogP contribution in [0.2, 0.25) is 0 Å². The lowest BCUT2D eigenvalue weighted by Crippen LogP contribution is -2.53. The number of amides is 1. The highest BCUT2D eigenvalue weighted by Crippen LogP contribution is 2.27. The third-order valence-electron chi connectivity index (χ3n) is 4.22. The molecule has 0 spiro atoms. The van der Waals surface area contributed by atoms with Crippen molar-refractivity contribution in [2.24, 2.45) is 17.6 Å². The molecule has 3 atom stereocenters. The first-order chi connectivity index (χ1) is 8.44. The fourth-order valence-corrected chi connectivity index (χ4v) is 4.84. The maximum atomic E-state index is 12.4. The smallest absolute Gasteiger partial charge is 0.227 e. The van der Waals surface area contributed by atoms with Gasteiger partial charge in [0.05, 0.1) is 17.4 Å². The summed E-state index contributed by atoms with van der Waals surface area (Å²) >= 11 is 0. The Morgan fingerprint density at radius 1 is 1.37 bits per heavy atom. The number of halogens is 1. The zero-order valence-corrected chi connectivity index (χ0v) is 12.9. The minimum Gasteiger partial charge on any atom is -0.338 e. The summed E-state index contributed by atoms with van der Waals surface area (Å²) in [4.78, 5) is 14.2. The quantitative estimate of drug-likeness (QED) is 0.802. The molecule has 7 heteroatoms. The first kappa shape index (κ1) is 16.7. The second-order valence-electron chi connectivity index (χ2n) is 5.55. The Morgan fingerprint density at radius 3 is 2.58 bits per heavy atom. The van der Waals surface area contributed by atoms with Crippen LogP contribution in [0.1, 0.15) is 26.2 Å². The van der Waals surface area contributed by atoms with Crippen molar-refractivity contribution in [3.8, 4) is 0 Å². The van der Waals surface area contributed by atoms with Gasteiger partial charge in [-0.25, -0.2) is 8.42 Å². The van der Waals surface area contributed by atoms with Gasteiger partial charge < -0.3 is 10.6 Å². The Balaban J connectivity index is 0.00000180. The highest BCUT2D eigenvalue weighted by molar-refractivity contribution is 7.91. The molecule has 3 unspecified atom stereocenters. The van der Waals surface area contributed by atoms with Gasteiger partial charge in [-0.05, 0) is 25.2 Å². The zero-order chi connectivity index (χ0) is 13.3. The molecule has 19 heavy (non-hydrogen) atoms. The van der Waals surface area contributed by atoms with E-state index >= 15 is 0 Å². The molecule has 1 amide bonds. The van der Waals surface area contributed by atoms with Crippen LogP contribution in [-0.4, -0.2) is 49.9 Å². The minimum atomic E-state index is -3.00. The molecule has 0 aliphatic carbocycles. The predicted octanol–water partition coefficient (Wildman–Crippen LogP) is 0.429. The summed E-state index contributed by atoms with van der Waals surface area (Å²) in [6.07, 6.45) is 2.56. The summed E-state index contributed by atoms with van der Waals surface area (Å²) in [5.41, 5.74) is 5.76. The van der Waals surface area contributed by atoms with Crippen LogP contribution in [-0.2, 0) is 14.6 Å². The van der Waals surface area contributed by atoms with Crippen molar-refractivity contribution in [3.05, 3.63) is 0 Å². The molecule has 0 bridgehead atoms. The van der Waals surface area contributed by atoms with E-state index in [0.29, 0.717) is 18.9 Å². The number of carbonyl (C=O) groups excluding carboxylic acids is 1. The van der Waals surface area contributed by atoms with Crippen molar-refractivity contribution in [2.45, 2.75) is 32.2 Å². The minimum absolute atomic E-state index is 0. The van der Waals surface area contributed by atoms with Crippen LogP contribution in [0.3, 0.4) is 0 Å². The van der Waals surface area contributed by atoms with E-state index in [1.165, 1.54) is 0 Å². The fourth-order valence-electron chi connectivity index (χ4n) is 3.11. The standard InChI is InChI=1S/C12H22N2O3S.ClH/c1-9-3-2-5-14(11(9)7-13)12(15)10-4-6-18(16,17)8-10;/h9-11H,2-8,13H2,1H3;1H. The summed E-state index contributed by atoms with van der Waals surface area (Å²) in [5, 5.41) is 0. The highest BCUT2D eigenvalue weighted by atomic mass is 35.5. The first-order valence-electron chi connectivity index (χ1n) is 6.65. The van der Waals surface area contributed by atoms with Gasteiger partial charge in [-0.1, -0.05) is 6.92 Å². The van der Waals surface area contributed by atoms with Gasteiger partial charge in [0.1, 0.15) is 0 Å².